The van der Waals surface area contributed by atoms with Crippen LogP contribution in [0.5, 0.6) is 5.75 Å². The normalized spacial score (nSPS) is 11.5. The molecule has 0 aliphatic carbocycles. The van der Waals surface area contributed by atoms with Gasteiger partial charge in [-0.15, -0.1) is 0 Å². The van der Waals surface area contributed by atoms with Crippen molar-refractivity contribution in [2.75, 3.05) is 13.7 Å². The Balaban J connectivity index is 2.21. The molecule has 9 heteroatoms. The quantitative estimate of drug-likeness (QED) is 0.626. The summed E-state index contributed by atoms with van der Waals surface area (Å²) in [5.74, 6) is -0.252. The average Bonchev–Trinajstić information content (AvgIpc) is 3.00. The average molecular weight is 377 g/mol. The van der Waals surface area contributed by atoms with Crippen LogP contribution in [0.2, 0.25) is 0 Å². The predicted octanol–water partition coefficient (Wildman–Crippen LogP) is 2.02. The van der Waals surface area contributed by atoms with Crippen LogP contribution in [-0.4, -0.2) is 32.2 Å². The van der Waals surface area contributed by atoms with Crippen molar-refractivity contribution < 1.29 is 27.2 Å². The molecule has 0 fully saturated rings. The molecule has 0 saturated carbocycles. The van der Waals surface area contributed by atoms with E-state index in [0.29, 0.717) is 9.89 Å². The Bertz CT molecular complexity index is 1120. The van der Waals surface area contributed by atoms with Gasteiger partial charge in [0.1, 0.15) is 16.7 Å². The van der Waals surface area contributed by atoms with Crippen molar-refractivity contribution in [1.82, 2.24) is 4.15 Å². The number of carbonyl (C=O) groups excluding carboxylic acids is 1. The van der Waals surface area contributed by atoms with Crippen molar-refractivity contribution in [1.29, 1.82) is 0 Å². The second-order valence-electron chi connectivity index (χ2n) is 5.21. The minimum atomic E-state index is -4.18. The molecule has 8 nitrogen and oxygen atoms in total. The van der Waals surface area contributed by atoms with Crippen LogP contribution >= 0.6 is 0 Å². The van der Waals surface area contributed by atoms with Crippen LogP contribution in [0.15, 0.2) is 56.7 Å². The molecule has 0 aliphatic heterocycles. The van der Waals surface area contributed by atoms with Crippen molar-refractivity contribution in [2.45, 2.75) is 11.8 Å². The SMILES string of the molecule is CCOC(=O)c1cccc2c1c(=O)on2S(=O)(=O)c1ccc(OC)cc1. The third kappa shape index (κ3) is 2.86. The van der Waals surface area contributed by atoms with Gasteiger partial charge in [-0.25, -0.2) is 9.59 Å². The van der Waals surface area contributed by atoms with Gasteiger partial charge in [-0.05, 0) is 43.3 Å². The first-order chi connectivity index (χ1) is 12.4. The number of esters is 1. The fraction of sp³-hybridized carbons (Fsp3) is 0.176. The highest BCUT2D eigenvalue weighted by molar-refractivity contribution is 7.90. The van der Waals surface area contributed by atoms with Crippen molar-refractivity contribution in [3.8, 4) is 5.75 Å². The van der Waals surface area contributed by atoms with E-state index >= 15 is 0 Å². The Kier molecular flexibility index (Phi) is 4.56. The van der Waals surface area contributed by atoms with E-state index in [-0.39, 0.29) is 28.0 Å². The molecule has 3 aromatic rings. The molecule has 2 aromatic carbocycles. The van der Waals surface area contributed by atoms with Gasteiger partial charge < -0.3 is 14.0 Å². The number of ether oxygens (including phenoxy) is 2. The summed E-state index contributed by atoms with van der Waals surface area (Å²) in [6.07, 6.45) is 0. The van der Waals surface area contributed by atoms with Crippen molar-refractivity contribution in [3.05, 3.63) is 58.4 Å². The van der Waals surface area contributed by atoms with E-state index in [0.717, 1.165) is 0 Å². The highest BCUT2D eigenvalue weighted by Gasteiger charge is 2.26. The number of methoxy groups -OCH3 is 1. The van der Waals surface area contributed by atoms with Crippen molar-refractivity contribution in [2.24, 2.45) is 0 Å². The number of fused-ring (bicyclic) bond motifs is 1. The number of hydrogen-bond acceptors (Lipinski definition) is 7. The lowest BCUT2D eigenvalue weighted by Crippen LogP contribution is -2.12. The molecule has 0 spiro atoms. The molecule has 0 saturated heterocycles. The maximum Gasteiger partial charge on any atom is 0.367 e. The first-order valence-electron chi connectivity index (χ1n) is 7.62. The second kappa shape index (κ2) is 6.68. The van der Waals surface area contributed by atoms with Gasteiger partial charge in [-0.3, -0.25) is 0 Å². The third-order valence-corrected chi connectivity index (χ3v) is 5.26. The number of aromatic nitrogens is 1. The van der Waals surface area contributed by atoms with Crippen LogP contribution in [0, 0.1) is 0 Å². The van der Waals surface area contributed by atoms with Crippen LogP contribution in [0.4, 0.5) is 0 Å². The van der Waals surface area contributed by atoms with Crippen LogP contribution < -0.4 is 10.4 Å². The molecule has 26 heavy (non-hydrogen) atoms. The smallest absolute Gasteiger partial charge is 0.367 e. The van der Waals surface area contributed by atoms with E-state index in [9.17, 15) is 18.0 Å². The molecule has 0 N–H and O–H groups in total. The molecule has 1 heterocycles. The molecule has 0 radical (unpaired) electrons. The molecule has 0 amide bonds. The largest absolute Gasteiger partial charge is 0.497 e. The Morgan fingerprint density at radius 3 is 2.46 bits per heavy atom. The van der Waals surface area contributed by atoms with E-state index < -0.39 is 21.6 Å². The van der Waals surface area contributed by atoms with Crippen molar-refractivity contribution in [3.63, 3.8) is 0 Å². The van der Waals surface area contributed by atoms with E-state index in [1.807, 2.05) is 0 Å². The fourth-order valence-electron chi connectivity index (χ4n) is 2.48. The standard InChI is InChI=1S/C17H15NO7S/c1-3-24-16(19)13-5-4-6-14-15(13)17(20)25-18(14)26(21,22)12-9-7-11(23-2)8-10-12/h4-10H,3H2,1-2H3. The Morgan fingerprint density at radius 1 is 1.15 bits per heavy atom. The summed E-state index contributed by atoms with van der Waals surface area (Å²) in [5.41, 5.74) is -1.04. The Morgan fingerprint density at radius 2 is 1.85 bits per heavy atom. The number of benzene rings is 2. The summed E-state index contributed by atoms with van der Waals surface area (Å²) in [5, 5.41) is -0.150. The fourth-order valence-corrected chi connectivity index (χ4v) is 3.73. The summed E-state index contributed by atoms with van der Waals surface area (Å²) in [4.78, 5) is 24.2. The van der Waals surface area contributed by atoms with Gasteiger partial charge in [0.2, 0.25) is 0 Å². The van der Waals surface area contributed by atoms with Gasteiger partial charge in [-0.1, -0.05) is 10.2 Å². The minimum Gasteiger partial charge on any atom is -0.497 e. The summed E-state index contributed by atoms with van der Waals surface area (Å²) in [7, 11) is -2.72. The van der Waals surface area contributed by atoms with Gasteiger partial charge in [0.05, 0.1) is 24.2 Å². The molecule has 3 rings (SSSR count). The summed E-state index contributed by atoms with van der Waals surface area (Å²) < 4.78 is 41.0. The summed E-state index contributed by atoms with van der Waals surface area (Å²) in [6, 6.07) is 9.81. The summed E-state index contributed by atoms with van der Waals surface area (Å²) >= 11 is 0. The monoisotopic (exact) mass is 377 g/mol. The van der Waals surface area contributed by atoms with Gasteiger partial charge in [0.15, 0.2) is 0 Å². The van der Waals surface area contributed by atoms with Gasteiger partial charge in [0.25, 0.3) is 10.0 Å². The molecule has 0 unspecified atom stereocenters. The Labute approximate surface area is 148 Å². The van der Waals surface area contributed by atoms with E-state index in [2.05, 4.69) is 0 Å². The highest BCUT2D eigenvalue weighted by atomic mass is 32.2. The van der Waals surface area contributed by atoms with E-state index in [4.69, 9.17) is 14.0 Å². The number of carbonyl (C=O) groups is 1. The first-order valence-corrected chi connectivity index (χ1v) is 9.06. The first kappa shape index (κ1) is 17.7. The zero-order valence-corrected chi connectivity index (χ0v) is 14.8. The van der Waals surface area contributed by atoms with E-state index in [1.165, 1.54) is 49.6 Å². The zero-order valence-electron chi connectivity index (χ0n) is 14.0. The van der Waals surface area contributed by atoms with Crippen LogP contribution in [-0.2, 0) is 14.8 Å². The lowest BCUT2D eigenvalue weighted by molar-refractivity contribution is 0.0528. The highest BCUT2D eigenvalue weighted by Crippen LogP contribution is 2.23. The number of rotatable bonds is 5. The molecule has 1 aromatic heterocycles. The zero-order chi connectivity index (χ0) is 18.9. The second-order valence-corrected chi connectivity index (χ2v) is 6.96. The van der Waals surface area contributed by atoms with Gasteiger partial charge >= 0.3 is 11.6 Å². The third-order valence-electron chi connectivity index (χ3n) is 3.68. The maximum atomic E-state index is 12.8. The molecular weight excluding hydrogens is 362 g/mol. The molecule has 0 bridgehead atoms. The predicted molar refractivity (Wildman–Crippen MR) is 92.0 cm³/mol. The topological polar surface area (TPSA) is 105 Å². The van der Waals surface area contributed by atoms with E-state index in [1.54, 1.807) is 6.92 Å². The molecule has 0 aliphatic rings. The lowest BCUT2D eigenvalue weighted by Gasteiger charge is -2.06. The molecule has 0 atom stereocenters. The van der Waals surface area contributed by atoms with Gasteiger partial charge in [-0.2, -0.15) is 8.42 Å². The van der Waals surface area contributed by atoms with Crippen LogP contribution in [0.25, 0.3) is 10.9 Å². The Hall–Kier alpha value is -3.07. The van der Waals surface area contributed by atoms with Crippen LogP contribution in [0.3, 0.4) is 0 Å². The number of nitrogens with zero attached hydrogens (tertiary/aromatic N) is 1. The van der Waals surface area contributed by atoms with Crippen LogP contribution in [0.1, 0.15) is 17.3 Å². The molecular formula is C17H15NO7S. The number of hydrogen-bond donors (Lipinski definition) is 0. The molecule has 136 valence electrons. The van der Waals surface area contributed by atoms with Crippen molar-refractivity contribution >= 4 is 26.9 Å². The van der Waals surface area contributed by atoms with Gasteiger partial charge in [0, 0.05) is 0 Å². The summed E-state index contributed by atoms with van der Waals surface area (Å²) in [6.45, 7) is 1.74. The minimum absolute atomic E-state index is 0.0450. The lowest BCUT2D eigenvalue weighted by atomic mass is 10.1. The maximum absolute atomic E-state index is 12.8.